The zero-order chi connectivity index (χ0) is 15.1. The summed E-state index contributed by atoms with van der Waals surface area (Å²) in [6.07, 6.45) is 1.04. The van der Waals surface area contributed by atoms with E-state index in [0.29, 0.717) is 6.04 Å². The number of benzene rings is 2. The Morgan fingerprint density at radius 1 is 1.05 bits per heavy atom. The molecule has 2 nitrogen and oxygen atoms in total. The standard InChI is InChI=1S/C19H25NO/c1-4-13-21-19-11-9-17(10-12-19)16(3)20-14-18-8-6-5-7-15(18)2/h5-12,16,20H,4,13-14H2,1-3H3. The fourth-order valence-corrected chi connectivity index (χ4v) is 2.26. The minimum absolute atomic E-state index is 0.324. The third kappa shape index (κ3) is 4.61. The van der Waals surface area contributed by atoms with Gasteiger partial charge in [0.15, 0.2) is 0 Å². The van der Waals surface area contributed by atoms with Gasteiger partial charge in [0.1, 0.15) is 5.75 Å². The van der Waals surface area contributed by atoms with Gasteiger partial charge < -0.3 is 10.1 Å². The Hall–Kier alpha value is -1.80. The van der Waals surface area contributed by atoms with Gasteiger partial charge in [-0.3, -0.25) is 0 Å². The lowest BCUT2D eigenvalue weighted by Gasteiger charge is -2.16. The van der Waals surface area contributed by atoms with Crippen LogP contribution in [0.15, 0.2) is 48.5 Å². The maximum absolute atomic E-state index is 5.61. The fourth-order valence-electron chi connectivity index (χ4n) is 2.26. The summed E-state index contributed by atoms with van der Waals surface area (Å²) in [5.74, 6) is 0.951. The number of rotatable bonds is 7. The van der Waals surface area contributed by atoms with Gasteiger partial charge in [0, 0.05) is 12.6 Å². The van der Waals surface area contributed by atoms with E-state index in [2.05, 4.69) is 74.6 Å². The molecule has 112 valence electrons. The van der Waals surface area contributed by atoms with Gasteiger partial charge in [-0.15, -0.1) is 0 Å². The fraction of sp³-hybridized carbons (Fsp3) is 0.368. The summed E-state index contributed by atoms with van der Waals surface area (Å²) in [6.45, 7) is 8.13. The van der Waals surface area contributed by atoms with Gasteiger partial charge in [-0.05, 0) is 49.1 Å². The molecule has 0 amide bonds. The van der Waals surface area contributed by atoms with Crippen LogP contribution in [-0.2, 0) is 6.54 Å². The average Bonchev–Trinajstić information content (AvgIpc) is 2.52. The van der Waals surface area contributed by atoms with Crippen molar-refractivity contribution in [2.24, 2.45) is 0 Å². The third-order valence-electron chi connectivity index (χ3n) is 3.71. The molecule has 0 fully saturated rings. The second-order valence-corrected chi connectivity index (χ2v) is 5.45. The maximum Gasteiger partial charge on any atom is 0.119 e. The summed E-state index contributed by atoms with van der Waals surface area (Å²) in [6, 6.07) is 17.2. The molecule has 1 atom stereocenters. The molecule has 0 heterocycles. The minimum atomic E-state index is 0.324. The summed E-state index contributed by atoms with van der Waals surface area (Å²) >= 11 is 0. The summed E-state index contributed by atoms with van der Waals surface area (Å²) in [4.78, 5) is 0. The van der Waals surface area contributed by atoms with Crippen molar-refractivity contribution >= 4 is 0 Å². The molecular weight excluding hydrogens is 258 g/mol. The van der Waals surface area contributed by atoms with Crippen molar-refractivity contribution < 1.29 is 4.74 Å². The van der Waals surface area contributed by atoms with E-state index in [1.54, 1.807) is 0 Å². The molecule has 0 aliphatic carbocycles. The van der Waals surface area contributed by atoms with Crippen LogP contribution in [0, 0.1) is 6.92 Å². The summed E-state index contributed by atoms with van der Waals surface area (Å²) in [7, 11) is 0. The van der Waals surface area contributed by atoms with Gasteiger partial charge in [-0.25, -0.2) is 0 Å². The Morgan fingerprint density at radius 3 is 2.43 bits per heavy atom. The molecule has 2 heteroatoms. The first-order valence-corrected chi connectivity index (χ1v) is 7.71. The second-order valence-electron chi connectivity index (χ2n) is 5.45. The zero-order valence-corrected chi connectivity index (χ0v) is 13.2. The lowest BCUT2D eigenvalue weighted by atomic mass is 10.1. The van der Waals surface area contributed by atoms with Gasteiger partial charge in [0.2, 0.25) is 0 Å². The Morgan fingerprint density at radius 2 is 1.76 bits per heavy atom. The molecular formula is C19H25NO. The molecule has 2 aromatic carbocycles. The van der Waals surface area contributed by atoms with E-state index >= 15 is 0 Å². The average molecular weight is 283 g/mol. The topological polar surface area (TPSA) is 21.3 Å². The quantitative estimate of drug-likeness (QED) is 0.799. The van der Waals surface area contributed by atoms with Crippen molar-refractivity contribution in [2.45, 2.75) is 39.8 Å². The number of ether oxygens (including phenoxy) is 1. The predicted molar refractivity (Wildman–Crippen MR) is 88.7 cm³/mol. The smallest absolute Gasteiger partial charge is 0.119 e. The van der Waals surface area contributed by atoms with Crippen molar-refractivity contribution in [3.8, 4) is 5.75 Å². The van der Waals surface area contributed by atoms with Crippen LogP contribution in [0.3, 0.4) is 0 Å². The second kappa shape index (κ2) is 7.84. The highest BCUT2D eigenvalue weighted by atomic mass is 16.5. The maximum atomic E-state index is 5.61. The molecule has 0 aliphatic rings. The van der Waals surface area contributed by atoms with E-state index in [4.69, 9.17) is 4.74 Å². The molecule has 0 radical (unpaired) electrons. The number of hydrogen-bond acceptors (Lipinski definition) is 2. The van der Waals surface area contributed by atoms with Crippen molar-refractivity contribution in [2.75, 3.05) is 6.61 Å². The Balaban J connectivity index is 1.91. The number of nitrogens with one attached hydrogen (secondary N) is 1. The normalized spacial score (nSPS) is 12.1. The van der Waals surface area contributed by atoms with E-state index in [0.717, 1.165) is 25.3 Å². The molecule has 1 N–H and O–H groups in total. The molecule has 2 rings (SSSR count). The third-order valence-corrected chi connectivity index (χ3v) is 3.71. The van der Waals surface area contributed by atoms with Crippen LogP contribution in [0.5, 0.6) is 5.75 Å². The van der Waals surface area contributed by atoms with E-state index in [-0.39, 0.29) is 0 Å². The van der Waals surface area contributed by atoms with Crippen LogP contribution in [0.25, 0.3) is 0 Å². The van der Waals surface area contributed by atoms with E-state index in [1.165, 1.54) is 16.7 Å². The highest BCUT2D eigenvalue weighted by molar-refractivity contribution is 5.29. The Bertz CT molecular complexity index is 548. The minimum Gasteiger partial charge on any atom is -0.494 e. The molecule has 0 aromatic heterocycles. The first-order valence-electron chi connectivity index (χ1n) is 7.71. The molecule has 0 spiro atoms. The van der Waals surface area contributed by atoms with Crippen LogP contribution in [0.2, 0.25) is 0 Å². The first kappa shape index (κ1) is 15.6. The van der Waals surface area contributed by atoms with E-state index < -0.39 is 0 Å². The van der Waals surface area contributed by atoms with Gasteiger partial charge in [0.25, 0.3) is 0 Å². The molecule has 21 heavy (non-hydrogen) atoms. The lowest BCUT2D eigenvalue weighted by molar-refractivity contribution is 0.317. The Kier molecular flexibility index (Phi) is 5.82. The molecule has 0 saturated carbocycles. The number of hydrogen-bond donors (Lipinski definition) is 1. The van der Waals surface area contributed by atoms with Crippen molar-refractivity contribution in [3.63, 3.8) is 0 Å². The van der Waals surface area contributed by atoms with Gasteiger partial charge in [0.05, 0.1) is 6.61 Å². The van der Waals surface area contributed by atoms with E-state index in [9.17, 15) is 0 Å². The SMILES string of the molecule is CCCOc1ccc(C(C)NCc2ccccc2C)cc1. The van der Waals surface area contributed by atoms with Crippen LogP contribution in [0.1, 0.15) is 43.0 Å². The molecule has 0 bridgehead atoms. The van der Waals surface area contributed by atoms with Crippen molar-refractivity contribution in [1.29, 1.82) is 0 Å². The summed E-state index contributed by atoms with van der Waals surface area (Å²) < 4.78 is 5.61. The monoisotopic (exact) mass is 283 g/mol. The van der Waals surface area contributed by atoms with Gasteiger partial charge in [-0.1, -0.05) is 43.3 Å². The van der Waals surface area contributed by atoms with Crippen LogP contribution in [-0.4, -0.2) is 6.61 Å². The Labute approximate surface area is 128 Å². The van der Waals surface area contributed by atoms with Crippen LogP contribution >= 0.6 is 0 Å². The van der Waals surface area contributed by atoms with Crippen molar-refractivity contribution in [3.05, 3.63) is 65.2 Å². The van der Waals surface area contributed by atoms with E-state index in [1.807, 2.05) is 0 Å². The highest BCUT2D eigenvalue weighted by Crippen LogP contribution is 2.18. The van der Waals surface area contributed by atoms with Gasteiger partial charge >= 0.3 is 0 Å². The zero-order valence-electron chi connectivity index (χ0n) is 13.2. The van der Waals surface area contributed by atoms with Gasteiger partial charge in [-0.2, -0.15) is 0 Å². The number of aryl methyl sites for hydroxylation is 1. The largest absolute Gasteiger partial charge is 0.494 e. The predicted octanol–water partition coefficient (Wildman–Crippen LogP) is 4.63. The van der Waals surface area contributed by atoms with Crippen LogP contribution < -0.4 is 10.1 Å². The molecule has 2 aromatic rings. The lowest BCUT2D eigenvalue weighted by Crippen LogP contribution is -2.18. The molecule has 1 unspecified atom stereocenters. The van der Waals surface area contributed by atoms with Crippen LogP contribution in [0.4, 0.5) is 0 Å². The first-order chi connectivity index (χ1) is 10.2. The van der Waals surface area contributed by atoms with Crippen molar-refractivity contribution in [1.82, 2.24) is 5.32 Å². The summed E-state index contributed by atoms with van der Waals surface area (Å²) in [5.41, 5.74) is 3.97. The highest BCUT2D eigenvalue weighted by Gasteiger charge is 2.06. The molecule has 0 aliphatic heterocycles. The summed E-state index contributed by atoms with van der Waals surface area (Å²) in [5, 5.41) is 3.58. The molecule has 0 saturated heterocycles.